The van der Waals surface area contributed by atoms with Crippen molar-refractivity contribution in [2.24, 2.45) is 0 Å². The molecule has 0 atom stereocenters. The number of fused-ring (bicyclic) bond motifs is 2. The second-order valence-corrected chi connectivity index (χ2v) is 13.3. The zero-order valence-electron chi connectivity index (χ0n) is 21.9. The highest BCUT2D eigenvalue weighted by Crippen LogP contribution is 2.41. The third-order valence-electron chi connectivity index (χ3n) is 7.10. The predicted octanol–water partition coefficient (Wildman–Crippen LogP) is 3.77. The van der Waals surface area contributed by atoms with Crippen molar-refractivity contribution in [3.05, 3.63) is 35.2 Å². The van der Waals surface area contributed by atoms with Gasteiger partial charge in [0.25, 0.3) is 0 Å². The lowest BCUT2D eigenvalue weighted by Gasteiger charge is -2.34. The van der Waals surface area contributed by atoms with Crippen molar-refractivity contribution in [2.45, 2.75) is 58.7 Å². The van der Waals surface area contributed by atoms with Crippen LogP contribution < -0.4 is 15.0 Å². The number of aromatic nitrogens is 2. The Morgan fingerprint density at radius 3 is 2.49 bits per heavy atom. The third kappa shape index (κ3) is 5.61. The summed E-state index contributed by atoms with van der Waals surface area (Å²) in [5.74, 6) is 2.73. The molecule has 37 heavy (non-hydrogen) atoms. The molecule has 5 rings (SSSR count). The maximum Gasteiger partial charge on any atom is 0.410 e. The Hall–Kier alpha value is -3.08. The molecule has 2 aromatic rings. The molecule has 0 unspecified atom stereocenters. The Balaban J connectivity index is 1.33. The number of ether oxygens (including phenoxy) is 2. The number of rotatable bonds is 2. The van der Waals surface area contributed by atoms with Crippen molar-refractivity contribution in [1.82, 2.24) is 14.9 Å². The van der Waals surface area contributed by atoms with Crippen molar-refractivity contribution in [2.75, 3.05) is 47.9 Å². The van der Waals surface area contributed by atoms with E-state index in [4.69, 9.17) is 9.47 Å². The van der Waals surface area contributed by atoms with E-state index in [0.717, 1.165) is 35.4 Å². The van der Waals surface area contributed by atoms with Gasteiger partial charge in [-0.25, -0.2) is 23.2 Å². The quantitative estimate of drug-likeness (QED) is 0.621. The first-order chi connectivity index (χ1) is 17.5. The van der Waals surface area contributed by atoms with Crippen LogP contribution in [0.5, 0.6) is 5.75 Å². The average molecular weight is 530 g/mol. The van der Waals surface area contributed by atoms with Crippen LogP contribution in [0.15, 0.2) is 18.5 Å². The zero-order chi connectivity index (χ0) is 26.4. The van der Waals surface area contributed by atoms with Crippen LogP contribution in [0.3, 0.4) is 0 Å². The van der Waals surface area contributed by atoms with Crippen molar-refractivity contribution >= 4 is 33.3 Å². The zero-order valence-corrected chi connectivity index (χ0v) is 22.7. The van der Waals surface area contributed by atoms with Crippen LogP contribution in [-0.2, 0) is 21.2 Å². The SMILES string of the molecule is Cc1cc(C2CCN(C(=O)OC(C)(C)C)CC2)cc2c1OCc1c(ncnc1N1CCS(=O)(=O)CC1)N2. The molecule has 0 radical (unpaired) electrons. The Labute approximate surface area is 218 Å². The molecule has 0 saturated carbocycles. The van der Waals surface area contributed by atoms with Gasteiger partial charge >= 0.3 is 6.09 Å². The van der Waals surface area contributed by atoms with Gasteiger partial charge in [-0.05, 0) is 63.6 Å². The fraction of sp³-hybridized carbons (Fsp3) is 0.577. The number of amides is 1. The van der Waals surface area contributed by atoms with E-state index in [0.29, 0.717) is 50.3 Å². The first-order valence-electron chi connectivity index (χ1n) is 12.8. The minimum absolute atomic E-state index is 0.121. The Kier molecular flexibility index (Phi) is 6.68. The van der Waals surface area contributed by atoms with Gasteiger partial charge in [-0.15, -0.1) is 0 Å². The number of benzene rings is 1. The first-order valence-corrected chi connectivity index (χ1v) is 14.6. The van der Waals surface area contributed by atoms with E-state index < -0.39 is 15.4 Å². The molecule has 1 aromatic carbocycles. The van der Waals surface area contributed by atoms with Gasteiger partial charge in [-0.2, -0.15) is 0 Å². The Bertz CT molecular complexity index is 1290. The summed E-state index contributed by atoms with van der Waals surface area (Å²) >= 11 is 0. The highest BCUT2D eigenvalue weighted by Gasteiger charge is 2.30. The summed E-state index contributed by atoms with van der Waals surface area (Å²) in [6.07, 6.45) is 2.98. The maximum absolute atomic E-state index is 12.5. The number of sulfone groups is 1. The smallest absolute Gasteiger partial charge is 0.410 e. The molecular formula is C26H35N5O5S. The first kappa shape index (κ1) is 25.6. The van der Waals surface area contributed by atoms with Gasteiger partial charge < -0.3 is 24.6 Å². The van der Waals surface area contributed by atoms with Crippen molar-refractivity contribution in [3.8, 4) is 5.75 Å². The van der Waals surface area contributed by atoms with Crippen molar-refractivity contribution < 1.29 is 22.7 Å². The summed E-state index contributed by atoms with van der Waals surface area (Å²) in [7, 11) is -2.99. The van der Waals surface area contributed by atoms with Gasteiger partial charge in [0, 0.05) is 26.2 Å². The highest BCUT2D eigenvalue weighted by molar-refractivity contribution is 7.91. The normalized spacial score (nSPS) is 19.7. The molecule has 0 aliphatic carbocycles. The molecule has 1 aromatic heterocycles. The van der Waals surface area contributed by atoms with Gasteiger partial charge in [0.05, 0.1) is 22.8 Å². The minimum atomic E-state index is -2.99. The number of anilines is 3. The van der Waals surface area contributed by atoms with Crippen LogP contribution in [0.2, 0.25) is 0 Å². The molecule has 3 aliphatic rings. The molecule has 2 fully saturated rings. The number of hydrogen-bond acceptors (Lipinski definition) is 9. The summed E-state index contributed by atoms with van der Waals surface area (Å²) in [4.78, 5) is 25.2. The van der Waals surface area contributed by atoms with Crippen molar-refractivity contribution in [1.29, 1.82) is 0 Å². The van der Waals surface area contributed by atoms with Crippen LogP contribution in [0.25, 0.3) is 0 Å². The van der Waals surface area contributed by atoms with E-state index in [1.54, 1.807) is 4.90 Å². The van der Waals surface area contributed by atoms with Crippen LogP contribution in [0, 0.1) is 6.92 Å². The number of aryl methyl sites for hydroxylation is 1. The number of hydrogen-bond donors (Lipinski definition) is 1. The molecular weight excluding hydrogens is 494 g/mol. The average Bonchev–Trinajstić information content (AvgIpc) is 3.03. The minimum Gasteiger partial charge on any atom is -0.486 e. The summed E-state index contributed by atoms with van der Waals surface area (Å²) in [6.45, 7) is 10.1. The Morgan fingerprint density at radius 1 is 1.11 bits per heavy atom. The largest absolute Gasteiger partial charge is 0.486 e. The number of carbonyl (C=O) groups excluding carboxylic acids is 1. The molecule has 1 amide bonds. The molecule has 3 aliphatic heterocycles. The fourth-order valence-electron chi connectivity index (χ4n) is 5.16. The molecule has 0 bridgehead atoms. The predicted molar refractivity (Wildman–Crippen MR) is 141 cm³/mol. The molecule has 10 nitrogen and oxygen atoms in total. The van der Waals surface area contributed by atoms with Crippen LogP contribution in [0.1, 0.15) is 56.2 Å². The fourth-order valence-corrected chi connectivity index (χ4v) is 6.36. The highest BCUT2D eigenvalue weighted by atomic mass is 32.2. The molecule has 2 saturated heterocycles. The monoisotopic (exact) mass is 529 g/mol. The van der Waals surface area contributed by atoms with E-state index in [9.17, 15) is 13.2 Å². The lowest BCUT2D eigenvalue weighted by Crippen LogP contribution is -2.41. The molecule has 4 heterocycles. The van der Waals surface area contributed by atoms with Gasteiger partial charge in [0.2, 0.25) is 0 Å². The second kappa shape index (κ2) is 9.66. The summed E-state index contributed by atoms with van der Waals surface area (Å²) < 4.78 is 35.6. The number of piperidine rings is 1. The topological polar surface area (TPSA) is 114 Å². The van der Waals surface area contributed by atoms with E-state index in [2.05, 4.69) is 27.4 Å². The van der Waals surface area contributed by atoms with Gasteiger partial charge in [-0.3, -0.25) is 0 Å². The number of nitrogens with zero attached hydrogens (tertiary/aromatic N) is 4. The summed E-state index contributed by atoms with van der Waals surface area (Å²) in [5.41, 5.74) is 3.41. The number of nitrogens with one attached hydrogen (secondary N) is 1. The summed E-state index contributed by atoms with van der Waals surface area (Å²) in [5, 5.41) is 3.47. The Morgan fingerprint density at radius 2 is 1.81 bits per heavy atom. The van der Waals surface area contributed by atoms with E-state index in [-0.39, 0.29) is 17.6 Å². The van der Waals surface area contributed by atoms with E-state index in [1.807, 2.05) is 32.6 Å². The maximum atomic E-state index is 12.5. The van der Waals surface area contributed by atoms with Crippen molar-refractivity contribution in [3.63, 3.8) is 0 Å². The summed E-state index contributed by atoms with van der Waals surface area (Å²) in [6, 6.07) is 4.30. The molecule has 1 N–H and O–H groups in total. The third-order valence-corrected chi connectivity index (χ3v) is 8.70. The van der Waals surface area contributed by atoms with Gasteiger partial charge in [0.15, 0.2) is 9.84 Å². The van der Waals surface area contributed by atoms with Gasteiger partial charge in [-0.1, -0.05) is 6.07 Å². The number of likely N-dealkylation sites (tertiary alicyclic amines) is 1. The van der Waals surface area contributed by atoms with E-state index in [1.165, 1.54) is 11.9 Å². The lowest BCUT2D eigenvalue weighted by molar-refractivity contribution is 0.0205. The van der Waals surface area contributed by atoms with Crippen LogP contribution >= 0.6 is 0 Å². The number of carbonyl (C=O) groups is 1. The van der Waals surface area contributed by atoms with Gasteiger partial charge in [0.1, 0.15) is 35.9 Å². The second-order valence-electron chi connectivity index (χ2n) is 11.0. The molecule has 11 heteroatoms. The molecule has 200 valence electrons. The standard InChI is InChI=1S/C26H35N5O5S/c1-17-13-19(18-5-7-31(8-6-18)25(32)36-26(2,3)4)14-21-22(17)35-15-20-23(29-21)27-16-28-24(20)30-9-11-37(33,34)12-10-30/h13-14,16,18H,5-12,15H2,1-4H3,(H,27,28,29). The van der Waals surface area contributed by atoms with Crippen LogP contribution in [0.4, 0.5) is 22.1 Å². The van der Waals surface area contributed by atoms with E-state index >= 15 is 0 Å². The molecule has 0 spiro atoms. The lowest BCUT2D eigenvalue weighted by atomic mass is 9.88. The van der Waals surface area contributed by atoms with Crippen LogP contribution in [-0.4, -0.2) is 72.7 Å².